The highest BCUT2D eigenvalue weighted by molar-refractivity contribution is 7.91. The summed E-state index contributed by atoms with van der Waals surface area (Å²) in [6.07, 6.45) is 0. The van der Waals surface area contributed by atoms with Crippen molar-refractivity contribution in [1.29, 1.82) is 0 Å². The molecule has 41 heavy (non-hydrogen) atoms. The van der Waals surface area contributed by atoms with E-state index in [1.165, 1.54) is 19.2 Å². The molecular formula is C24H27N7O8S2. The average molecular weight is 606 g/mol. The van der Waals surface area contributed by atoms with Crippen molar-refractivity contribution in [1.82, 2.24) is 0 Å². The number of benzene rings is 3. The number of azo groups is 2. The number of rotatable bonds is 12. The van der Waals surface area contributed by atoms with E-state index in [0.717, 1.165) is 6.07 Å². The van der Waals surface area contributed by atoms with E-state index in [0.29, 0.717) is 5.69 Å². The van der Waals surface area contributed by atoms with Gasteiger partial charge < -0.3 is 26.6 Å². The minimum atomic E-state index is -4.85. The Morgan fingerprint density at radius 2 is 1.61 bits per heavy atom. The maximum Gasteiger partial charge on any atom is 0.340 e. The molecule has 0 bridgehead atoms. The number of hydrogen-bond donors (Lipinski definition) is 5. The number of esters is 1. The van der Waals surface area contributed by atoms with E-state index >= 15 is 0 Å². The van der Waals surface area contributed by atoms with Crippen molar-refractivity contribution in [2.24, 2.45) is 20.5 Å². The van der Waals surface area contributed by atoms with E-state index < -0.39 is 43.1 Å². The Labute approximate surface area is 235 Å². The second-order valence-corrected chi connectivity index (χ2v) is 12.0. The molecule has 17 heteroatoms. The molecule has 7 N–H and O–H groups in total. The quantitative estimate of drug-likeness (QED) is 0.0864. The lowest BCUT2D eigenvalue weighted by molar-refractivity contribution is 0.0601. The third kappa shape index (κ3) is 8.27. The molecule has 0 spiro atoms. The first-order chi connectivity index (χ1) is 19.4. The van der Waals surface area contributed by atoms with Crippen LogP contribution in [0.25, 0.3) is 0 Å². The number of methoxy groups -OCH3 is 1. The van der Waals surface area contributed by atoms with Crippen LogP contribution in [0.1, 0.15) is 10.4 Å². The molecule has 3 rings (SSSR count). The first kappa shape index (κ1) is 31.1. The maximum atomic E-state index is 12.0. The van der Waals surface area contributed by atoms with Crippen molar-refractivity contribution in [3.05, 3.63) is 60.2 Å². The summed E-state index contributed by atoms with van der Waals surface area (Å²) in [5, 5.41) is 27.7. The Hall–Kier alpha value is -4.45. The smallest absolute Gasteiger partial charge is 0.340 e. The number of hydrogen-bond acceptors (Lipinski definition) is 14. The number of nitrogens with one attached hydrogen (secondary N) is 1. The number of aliphatic hydroxyl groups is 1. The van der Waals surface area contributed by atoms with Crippen LogP contribution in [0.5, 0.6) is 0 Å². The second-order valence-electron chi connectivity index (χ2n) is 8.31. The number of nitrogens with two attached hydrogens (primary N) is 2. The molecule has 0 unspecified atom stereocenters. The molecule has 15 nitrogen and oxygen atoms in total. The molecule has 0 atom stereocenters. The van der Waals surface area contributed by atoms with Crippen molar-refractivity contribution in [2.75, 3.05) is 48.6 Å². The molecular weight excluding hydrogens is 578 g/mol. The molecule has 0 aliphatic heterocycles. The molecule has 0 aromatic heterocycles. The van der Waals surface area contributed by atoms with Gasteiger partial charge in [0, 0.05) is 12.2 Å². The third-order valence-corrected chi connectivity index (χ3v) is 7.95. The second kappa shape index (κ2) is 13.3. The molecule has 0 radical (unpaired) electrons. The zero-order chi connectivity index (χ0) is 30.2. The molecule has 0 heterocycles. The van der Waals surface area contributed by atoms with E-state index in [1.807, 2.05) is 0 Å². The van der Waals surface area contributed by atoms with Crippen LogP contribution in [0.3, 0.4) is 0 Å². The van der Waals surface area contributed by atoms with Gasteiger partial charge in [0.25, 0.3) is 10.1 Å². The Morgan fingerprint density at radius 3 is 2.29 bits per heavy atom. The Bertz CT molecular complexity index is 1710. The summed E-state index contributed by atoms with van der Waals surface area (Å²) >= 11 is 0. The standard InChI is InChI=1S/C24H27N7O8S2/c1-39-24(33)17-7-2-3-8-18(17)29-31-23-21(25)19(14-20(22(23)26)41(36,37)38)30-28-16-6-4-5-15(13-16)27-9-11-40(34,35)12-10-32/h2-8,13-14,27,32H,9-12,25-26H2,1H3,(H,36,37,38)/b30-28+,31-29+. The van der Waals surface area contributed by atoms with Gasteiger partial charge in [0.2, 0.25) is 0 Å². The fourth-order valence-electron chi connectivity index (χ4n) is 3.40. The summed E-state index contributed by atoms with van der Waals surface area (Å²) in [5.41, 5.74) is 11.8. The van der Waals surface area contributed by atoms with Crippen molar-refractivity contribution in [2.45, 2.75) is 4.90 Å². The van der Waals surface area contributed by atoms with Gasteiger partial charge in [-0.1, -0.05) is 18.2 Å². The molecule has 3 aromatic carbocycles. The van der Waals surface area contributed by atoms with Gasteiger partial charge in [-0.2, -0.15) is 13.5 Å². The number of nitrogen functional groups attached to an aromatic ring is 2. The Morgan fingerprint density at radius 1 is 0.902 bits per heavy atom. The van der Waals surface area contributed by atoms with Gasteiger partial charge in [0.1, 0.15) is 22.0 Å². The summed E-state index contributed by atoms with van der Waals surface area (Å²) in [7, 11) is -7.07. The van der Waals surface area contributed by atoms with E-state index in [4.69, 9.17) is 21.3 Å². The lowest BCUT2D eigenvalue weighted by Crippen LogP contribution is -2.20. The zero-order valence-corrected chi connectivity index (χ0v) is 23.3. The normalized spacial score (nSPS) is 12.2. The molecule has 0 fully saturated rings. The van der Waals surface area contributed by atoms with Crippen LogP contribution in [0.4, 0.5) is 39.8 Å². The fourth-order valence-corrected chi connectivity index (χ4v) is 4.93. The SMILES string of the molecule is COC(=O)c1ccccc1/N=N/c1c(N)c(/N=N/c2cccc(NCCS(=O)(=O)CCO)c2)cc(S(=O)(=O)O)c1N. The van der Waals surface area contributed by atoms with E-state index in [-0.39, 0.29) is 52.1 Å². The monoisotopic (exact) mass is 605 g/mol. The summed E-state index contributed by atoms with van der Waals surface area (Å²) in [6.45, 7) is -0.380. The van der Waals surface area contributed by atoms with Crippen LogP contribution in [-0.2, 0) is 24.7 Å². The van der Waals surface area contributed by atoms with Gasteiger partial charge in [-0.15, -0.1) is 15.3 Å². The van der Waals surface area contributed by atoms with Gasteiger partial charge in [0.05, 0.1) is 47.8 Å². The Balaban J connectivity index is 1.96. The number of ether oxygens (including phenoxy) is 1. The van der Waals surface area contributed by atoms with Crippen LogP contribution in [-0.4, -0.2) is 64.2 Å². The third-order valence-electron chi connectivity index (χ3n) is 5.43. The first-order valence-electron chi connectivity index (χ1n) is 11.7. The van der Waals surface area contributed by atoms with Gasteiger partial charge >= 0.3 is 5.97 Å². The molecule has 0 amide bonds. The van der Waals surface area contributed by atoms with Gasteiger partial charge in [-0.05, 0) is 36.4 Å². The fraction of sp³-hybridized carbons (Fsp3) is 0.208. The van der Waals surface area contributed by atoms with Crippen molar-refractivity contribution < 1.29 is 36.0 Å². The maximum absolute atomic E-state index is 12.0. The van der Waals surface area contributed by atoms with Crippen molar-refractivity contribution in [3.8, 4) is 0 Å². The van der Waals surface area contributed by atoms with E-state index in [9.17, 15) is 26.2 Å². The number of nitrogens with zero attached hydrogens (tertiary/aromatic N) is 4. The predicted molar refractivity (Wildman–Crippen MR) is 152 cm³/mol. The highest BCUT2D eigenvalue weighted by atomic mass is 32.2. The van der Waals surface area contributed by atoms with E-state index in [1.54, 1.807) is 36.4 Å². The summed E-state index contributed by atoms with van der Waals surface area (Å²) in [6, 6.07) is 13.4. The van der Waals surface area contributed by atoms with E-state index in [2.05, 4.69) is 25.8 Å². The first-order valence-corrected chi connectivity index (χ1v) is 15.0. The number of anilines is 3. The van der Waals surface area contributed by atoms with Gasteiger partial charge in [0.15, 0.2) is 9.84 Å². The minimum absolute atomic E-state index is 0.0706. The molecule has 3 aromatic rings. The summed E-state index contributed by atoms with van der Waals surface area (Å²) < 4.78 is 62.0. The van der Waals surface area contributed by atoms with Crippen LogP contribution >= 0.6 is 0 Å². The topological polar surface area (TPSA) is 249 Å². The van der Waals surface area contributed by atoms with Gasteiger partial charge in [-0.3, -0.25) is 4.55 Å². The largest absolute Gasteiger partial charge is 0.465 e. The molecule has 218 valence electrons. The zero-order valence-electron chi connectivity index (χ0n) is 21.6. The number of sulfone groups is 1. The van der Waals surface area contributed by atoms with Crippen LogP contribution in [0.15, 0.2) is 79.9 Å². The average Bonchev–Trinajstić information content (AvgIpc) is 2.91. The lowest BCUT2D eigenvalue weighted by atomic mass is 10.2. The molecule has 0 aliphatic carbocycles. The minimum Gasteiger partial charge on any atom is -0.465 e. The molecule has 0 saturated carbocycles. The number of carbonyl (C=O) groups is 1. The number of aliphatic hydroxyl groups excluding tert-OH is 1. The molecule has 0 aliphatic rings. The lowest BCUT2D eigenvalue weighted by Gasteiger charge is -2.11. The Kier molecular flexibility index (Phi) is 10.1. The highest BCUT2D eigenvalue weighted by Gasteiger charge is 2.23. The summed E-state index contributed by atoms with van der Waals surface area (Å²) in [4.78, 5) is 11.3. The van der Waals surface area contributed by atoms with Crippen LogP contribution in [0.2, 0.25) is 0 Å². The van der Waals surface area contributed by atoms with Gasteiger partial charge in [-0.25, -0.2) is 13.2 Å². The predicted octanol–water partition coefficient (Wildman–Crippen LogP) is 3.53. The molecule has 0 saturated heterocycles. The van der Waals surface area contributed by atoms with Crippen molar-refractivity contribution >= 4 is 65.7 Å². The highest BCUT2D eigenvalue weighted by Crippen LogP contribution is 2.43. The van der Waals surface area contributed by atoms with Crippen LogP contribution < -0.4 is 16.8 Å². The number of carbonyl (C=O) groups excluding carboxylic acids is 1. The van der Waals surface area contributed by atoms with Crippen LogP contribution in [0, 0.1) is 0 Å². The summed E-state index contributed by atoms with van der Waals surface area (Å²) in [5.74, 6) is -1.22. The van der Waals surface area contributed by atoms with Crippen molar-refractivity contribution in [3.63, 3.8) is 0 Å².